The number of amides is 1. The molecule has 2 aromatic rings. The fraction of sp³-hybridized carbons (Fsp3) is 0.222. The van der Waals surface area contributed by atoms with Crippen LogP contribution in [-0.2, 0) is 11.2 Å². The Morgan fingerprint density at radius 3 is 2.64 bits per heavy atom. The van der Waals surface area contributed by atoms with Gasteiger partial charge in [0.05, 0.1) is 12.5 Å². The molecule has 0 N–H and O–H groups in total. The molecule has 0 saturated heterocycles. The summed E-state index contributed by atoms with van der Waals surface area (Å²) in [5.74, 6) is 0.673. The molecule has 1 heterocycles. The average Bonchev–Trinajstić information content (AvgIpc) is 3.00. The van der Waals surface area contributed by atoms with Crippen LogP contribution in [0, 0.1) is 11.3 Å². The summed E-state index contributed by atoms with van der Waals surface area (Å²) in [6.07, 6.45) is 0.349. The van der Waals surface area contributed by atoms with E-state index in [1.807, 2.05) is 54.6 Å². The Bertz CT molecular complexity index is 682. The normalized spacial score (nSPS) is 15.5. The molecule has 4 heteroatoms. The number of carbonyl (C=O) groups is 1. The number of para-hydroxylation sites is 2. The minimum atomic E-state index is -0.517. The van der Waals surface area contributed by atoms with Crippen molar-refractivity contribution in [2.45, 2.75) is 18.9 Å². The standard InChI is InChI=1S/C18H16N2O2/c19-11-6-12-20(15-8-2-1-3-9-15)18(21)17-13-14-7-4-5-10-16(14)22-17/h1-5,7-10,17H,6,12-13H2. The van der Waals surface area contributed by atoms with Crippen LogP contribution in [0.5, 0.6) is 5.75 Å². The van der Waals surface area contributed by atoms with Crippen molar-refractivity contribution in [3.05, 3.63) is 60.2 Å². The van der Waals surface area contributed by atoms with Gasteiger partial charge in [-0.05, 0) is 23.8 Å². The molecule has 0 fully saturated rings. The molecule has 1 amide bonds. The second kappa shape index (κ2) is 6.31. The lowest BCUT2D eigenvalue weighted by molar-refractivity contribution is -0.124. The van der Waals surface area contributed by atoms with Crippen LogP contribution < -0.4 is 9.64 Å². The molecule has 110 valence electrons. The molecular formula is C18H16N2O2. The first-order chi connectivity index (χ1) is 10.8. The quantitative estimate of drug-likeness (QED) is 0.870. The molecule has 3 rings (SSSR count). The van der Waals surface area contributed by atoms with Gasteiger partial charge < -0.3 is 9.64 Å². The van der Waals surface area contributed by atoms with E-state index >= 15 is 0 Å². The van der Waals surface area contributed by atoms with Crippen LogP contribution in [0.3, 0.4) is 0 Å². The molecule has 1 aliphatic rings. The van der Waals surface area contributed by atoms with Crippen LogP contribution in [0.2, 0.25) is 0 Å². The number of hydrogen-bond acceptors (Lipinski definition) is 3. The van der Waals surface area contributed by atoms with Gasteiger partial charge >= 0.3 is 0 Å². The van der Waals surface area contributed by atoms with Gasteiger partial charge in [-0.3, -0.25) is 4.79 Å². The Kier molecular flexibility index (Phi) is 4.06. The predicted octanol–water partition coefficient (Wildman–Crippen LogP) is 2.94. The fourth-order valence-electron chi connectivity index (χ4n) is 2.63. The van der Waals surface area contributed by atoms with Gasteiger partial charge in [0, 0.05) is 18.7 Å². The van der Waals surface area contributed by atoms with Crippen molar-refractivity contribution >= 4 is 11.6 Å². The molecular weight excluding hydrogens is 276 g/mol. The zero-order valence-corrected chi connectivity index (χ0v) is 12.1. The molecule has 0 spiro atoms. The van der Waals surface area contributed by atoms with Crippen LogP contribution in [-0.4, -0.2) is 18.6 Å². The Morgan fingerprint density at radius 1 is 1.18 bits per heavy atom. The number of rotatable bonds is 4. The number of nitriles is 1. The van der Waals surface area contributed by atoms with Crippen molar-refractivity contribution in [2.24, 2.45) is 0 Å². The average molecular weight is 292 g/mol. The summed E-state index contributed by atoms with van der Waals surface area (Å²) < 4.78 is 5.78. The third-order valence-corrected chi connectivity index (χ3v) is 3.70. The van der Waals surface area contributed by atoms with Gasteiger partial charge in [-0.1, -0.05) is 36.4 Å². The van der Waals surface area contributed by atoms with Crippen molar-refractivity contribution in [3.8, 4) is 11.8 Å². The van der Waals surface area contributed by atoms with E-state index in [2.05, 4.69) is 6.07 Å². The van der Waals surface area contributed by atoms with E-state index in [-0.39, 0.29) is 5.91 Å². The summed E-state index contributed by atoms with van der Waals surface area (Å²) >= 11 is 0. The molecule has 1 aliphatic heterocycles. The molecule has 2 aromatic carbocycles. The van der Waals surface area contributed by atoms with Crippen molar-refractivity contribution in [1.29, 1.82) is 5.26 Å². The largest absolute Gasteiger partial charge is 0.480 e. The van der Waals surface area contributed by atoms with E-state index < -0.39 is 6.10 Å². The summed E-state index contributed by atoms with van der Waals surface area (Å²) in [4.78, 5) is 14.5. The number of fused-ring (bicyclic) bond motifs is 1. The van der Waals surface area contributed by atoms with E-state index in [1.165, 1.54) is 0 Å². The summed E-state index contributed by atoms with van der Waals surface area (Å²) in [6.45, 7) is 0.371. The van der Waals surface area contributed by atoms with Gasteiger partial charge in [-0.15, -0.1) is 0 Å². The van der Waals surface area contributed by atoms with Gasteiger partial charge in [0.2, 0.25) is 0 Å². The summed E-state index contributed by atoms with van der Waals surface area (Å²) in [5.41, 5.74) is 1.84. The van der Waals surface area contributed by atoms with E-state index in [4.69, 9.17) is 10.00 Å². The summed E-state index contributed by atoms with van der Waals surface area (Å²) in [7, 11) is 0. The highest BCUT2D eigenvalue weighted by atomic mass is 16.5. The maximum absolute atomic E-state index is 12.8. The van der Waals surface area contributed by atoms with Crippen molar-refractivity contribution in [3.63, 3.8) is 0 Å². The molecule has 0 aliphatic carbocycles. The van der Waals surface area contributed by atoms with E-state index in [0.29, 0.717) is 19.4 Å². The van der Waals surface area contributed by atoms with Crippen LogP contribution >= 0.6 is 0 Å². The summed E-state index contributed by atoms with van der Waals surface area (Å²) in [6, 6.07) is 19.2. The van der Waals surface area contributed by atoms with Gasteiger partial charge in [0.25, 0.3) is 5.91 Å². The predicted molar refractivity (Wildman–Crippen MR) is 83.6 cm³/mol. The number of hydrogen-bond donors (Lipinski definition) is 0. The minimum absolute atomic E-state index is 0.0994. The second-order valence-electron chi connectivity index (χ2n) is 5.15. The summed E-state index contributed by atoms with van der Waals surface area (Å²) in [5, 5.41) is 8.83. The topological polar surface area (TPSA) is 53.3 Å². The lowest BCUT2D eigenvalue weighted by Crippen LogP contribution is -2.42. The van der Waals surface area contributed by atoms with Crippen LogP contribution in [0.4, 0.5) is 5.69 Å². The Balaban J connectivity index is 1.80. The number of anilines is 1. The molecule has 0 saturated carbocycles. The third-order valence-electron chi connectivity index (χ3n) is 3.70. The van der Waals surface area contributed by atoms with Crippen LogP contribution in [0.1, 0.15) is 12.0 Å². The first kappa shape index (κ1) is 14.2. The van der Waals surface area contributed by atoms with E-state index in [0.717, 1.165) is 17.0 Å². The maximum atomic E-state index is 12.8. The number of nitrogens with zero attached hydrogens (tertiary/aromatic N) is 2. The Labute approximate surface area is 129 Å². The van der Waals surface area contributed by atoms with E-state index in [1.54, 1.807) is 4.90 Å². The molecule has 1 unspecified atom stereocenters. The van der Waals surface area contributed by atoms with Gasteiger partial charge in [-0.2, -0.15) is 5.26 Å². The first-order valence-electron chi connectivity index (χ1n) is 7.27. The fourth-order valence-corrected chi connectivity index (χ4v) is 2.63. The van der Waals surface area contributed by atoms with Gasteiger partial charge in [-0.25, -0.2) is 0 Å². The van der Waals surface area contributed by atoms with Gasteiger partial charge in [0.15, 0.2) is 6.10 Å². The number of ether oxygens (including phenoxy) is 1. The highest BCUT2D eigenvalue weighted by Gasteiger charge is 2.32. The van der Waals surface area contributed by atoms with Crippen LogP contribution in [0.25, 0.3) is 0 Å². The molecule has 1 atom stereocenters. The maximum Gasteiger partial charge on any atom is 0.268 e. The highest BCUT2D eigenvalue weighted by molar-refractivity contribution is 5.97. The Hall–Kier alpha value is -2.80. The molecule has 4 nitrogen and oxygen atoms in total. The number of carbonyl (C=O) groups excluding carboxylic acids is 1. The lowest BCUT2D eigenvalue weighted by Gasteiger charge is -2.24. The molecule has 0 bridgehead atoms. The van der Waals surface area contributed by atoms with Crippen LogP contribution in [0.15, 0.2) is 54.6 Å². The zero-order chi connectivity index (χ0) is 15.4. The minimum Gasteiger partial charge on any atom is -0.480 e. The van der Waals surface area contributed by atoms with Crippen molar-refractivity contribution in [2.75, 3.05) is 11.4 Å². The third kappa shape index (κ3) is 2.79. The highest BCUT2D eigenvalue weighted by Crippen LogP contribution is 2.29. The lowest BCUT2D eigenvalue weighted by atomic mass is 10.1. The SMILES string of the molecule is N#CCCN(C(=O)C1Cc2ccccc2O1)c1ccccc1. The monoisotopic (exact) mass is 292 g/mol. The van der Waals surface area contributed by atoms with Gasteiger partial charge in [0.1, 0.15) is 5.75 Å². The molecule has 0 radical (unpaired) electrons. The van der Waals surface area contributed by atoms with Crippen molar-refractivity contribution in [1.82, 2.24) is 0 Å². The first-order valence-corrected chi connectivity index (χ1v) is 7.27. The van der Waals surface area contributed by atoms with Crippen molar-refractivity contribution < 1.29 is 9.53 Å². The molecule has 0 aromatic heterocycles. The van der Waals surface area contributed by atoms with E-state index in [9.17, 15) is 4.79 Å². The molecule has 22 heavy (non-hydrogen) atoms. The second-order valence-corrected chi connectivity index (χ2v) is 5.15. The zero-order valence-electron chi connectivity index (χ0n) is 12.1. The number of benzene rings is 2. The smallest absolute Gasteiger partial charge is 0.268 e. The Morgan fingerprint density at radius 2 is 1.91 bits per heavy atom.